The summed E-state index contributed by atoms with van der Waals surface area (Å²) in [4.78, 5) is 15.9. The number of sulfonamides is 1. The molecule has 0 amide bonds. The van der Waals surface area contributed by atoms with Gasteiger partial charge in [-0.1, -0.05) is 37.7 Å². The molecule has 2 aromatic heterocycles. The Kier molecular flexibility index (Phi) is 5.13. The number of aromatic nitrogens is 4. The molecule has 2 heterocycles. The molecule has 0 aliphatic carbocycles. The van der Waals surface area contributed by atoms with Crippen LogP contribution < -0.4 is 0 Å². The van der Waals surface area contributed by atoms with Crippen molar-refractivity contribution in [2.24, 2.45) is 0 Å². The summed E-state index contributed by atoms with van der Waals surface area (Å²) in [6.07, 6.45) is 0. The summed E-state index contributed by atoms with van der Waals surface area (Å²) in [6, 6.07) is 12.9. The number of nitrogens with zero attached hydrogens (tertiary/aromatic N) is 3. The molecule has 2 aromatic carbocycles. The highest BCUT2D eigenvalue weighted by molar-refractivity contribution is 7.98. The van der Waals surface area contributed by atoms with E-state index in [2.05, 4.69) is 19.9 Å². The molecule has 0 spiro atoms. The van der Waals surface area contributed by atoms with Crippen LogP contribution in [0.4, 0.5) is 0 Å². The number of fused-ring (bicyclic) bond motifs is 2. The Balaban J connectivity index is 1.56. The number of para-hydroxylation sites is 2. The van der Waals surface area contributed by atoms with Gasteiger partial charge < -0.3 is 9.97 Å². The molecule has 0 aliphatic rings. The summed E-state index contributed by atoms with van der Waals surface area (Å²) in [5.41, 5.74) is 3.40. The minimum atomic E-state index is -3.49. The standard InChI is InChI=1S/C19H21N5O2S2/c1-3-24(4-2)28(25,26)13-9-10-16-17(11-13)21-18(20-16)12-27-19-22-14-7-5-6-8-15(14)23-19/h5-11H,3-4,12H2,1-2H3,(H,20,21)(H,22,23). The van der Waals surface area contributed by atoms with E-state index in [4.69, 9.17) is 0 Å². The zero-order chi connectivity index (χ0) is 19.7. The highest BCUT2D eigenvalue weighted by Gasteiger charge is 2.22. The molecule has 4 rings (SSSR count). The summed E-state index contributed by atoms with van der Waals surface area (Å²) in [6.45, 7) is 4.56. The number of hydrogen-bond acceptors (Lipinski definition) is 5. The van der Waals surface area contributed by atoms with Crippen molar-refractivity contribution < 1.29 is 8.42 Å². The molecular formula is C19H21N5O2S2. The van der Waals surface area contributed by atoms with Crippen LogP contribution in [-0.4, -0.2) is 45.7 Å². The van der Waals surface area contributed by atoms with Crippen LogP contribution in [-0.2, 0) is 15.8 Å². The number of imidazole rings is 2. The van der Waals surface area contributed by atoms with Crippen molar-refractivity contribution in [1.29, 1.82) is 0 Å². The highest BCUT2D eigenvalue weighted by atomic mass is 32.2. The first kappa shape index (κ1) is 19.0. The predicted octanol–water partition coefficient (Wildman–Crippen LogP) is 3.76. The molecule has 0 saturated heterocycles. The largest absolute Gasteiger partial charge is 0.341 e. The lowest BCUT2D eigenvalue weighted by Crippen LogP contribution is -2.30. The summed E-state index contributed by atoms with van der Waals surface area (Å²) >= 11 is 1.55. The molecule has 0 atom stereocenters. The van der Waals surface area contributed by atoms with Gasteiger partial charge in [0.1, 0.15) is 5.82 Å². The Morgan fingerprint density at radius 2 is 1.71 bits per heavy atom. The number of nitrogens with one attached hydrogen (secondary N) is 2. The second kappa shape index (κ2) is 7.57. The van der Waals surface area contributed by atoms with E-state index in [1.807, 2.05) is 38.1 Å². The van der Waals surface area contributed by atoms with Gasteiger partial charge in [-0.25, -0.2) is 18.4 Å². The molecule has 7 nitrogen and oxygen atoms in total. The molecule has 0 aliphatic heterocycles. The third-order valence-corrected chi connectivity index (χ3v) is 7.49. The zero-order valence-electron chi connectivity index (χ0n) is 15.6. The Hall–Kier alpha value is -2.36. The molecule has 0 unspecified atom stereocenters. The maximum atomic E-state index is 12.7. The van der Waals surface area contributed by atoms with E-state index in [0.29, 0.717) is 24.4 Å². The van der Waals surface area contributed by atoms with Crippen LogP contribution in [0.5, 0.6) is 0 Å². The Morgan fingerprint density at radius 3 is 2.46 bits per heavy atom. The minimum absolute atomic E-state index is 0.281. The number of hydrogen-bond donors (Lipinski definition) is 2. The summed E-state index contributed by atoms with van der Waals surface area (Å²) in [5.74, 6) is 1.38. The minimum Gasteiger partial charge on any atom is -0.341 e. The third kappa shape index (κ3) is 3.52. The molecule has 0 bridgehead atoms. The fraction of sp³-hybridized carbons (Fsp3) is 0.263. The number of rotatable bonds is 7. The van der Waals surface area contributed by atoms with Crippen molar-refractivity contribution in [1.82, 2.24) is 24.2 Å². The third-order valence-electron chi connectivity index (χ3n) is 4.56. The lowest BCUT2D eigenvalue weighted by Gasteiger charge is -2.18. The SMILES string of the molecule is CCN(CC)S(=O)(=O)c1ccc2nc(CSc3nc4ccccc4[nH]3)[nH]c2c1. The van der Waals surface area contributed by atoms with Crippen LogP contribution in [0.25, 0.3) is 22.1 Å². The van der Waals surface area contributed by atoms with Gasteiger partial charge in [0.05, 0.1) is 32.7 Å². The molecule has 0 radical (unpaired) electrons. The van der Waals surface area contributed by atoms with E-state index >= 15 is 0 Å². The van der Waals surface area contributed by atoms with Gasteiger partial charge in [0.15, 0.2) is 5.16 Å². The van der Waals surface area contributed by atoms with E-state index in [1.54, 1.807) is 30.0 Å². The summed E-state index contributed by atoms with van der Waals surface area (Å²) < 4.78 is 26.9. The van der Waals surface area contributed by atoms with Crippen LogP contribution in [0.2, 0.25) is 0 Å². The summed E-state index contributed by atoms with van der Waals surface area (Å²) in [5, 5.41) is 0.825. The van der Waals surface area contributed by atoms with E-state index in [9.17, 15) is 8.42 Å². The molecule has 28 heavy (non-hydrogen) atoms. The van der Waals surface area contributed by atoms with Crippen molar-refractivity contribution >= 4 is 43.9 Å². The van der Waals surface area contributed by atoms with Crippen LogP contribution in [0, 0.1) is 0 Å². The van der Waals surface area contributed by atoms with E-state index in [1.165, 1.54) is 4.31 Å². The van der Waals surface area contributed by atoms with Crippen molar-refractivity contribution in [2.45, 2.75) is 29.7 Å². The fourth-order valence-electron chi connectivity index (χ4n) is 3.12. The topological polar surface area (TPSA) is 94.7 Å². The number of aromatic amines is 2. The number of thioether (sulfide) groups is 1. The van der Waals surface area contributed by atoms with Crippen molar-refractivity contribution in [3.05, 3.63) is 48.3 Å². The lowest BCUT2D eigenvalue weighted by atomic mass is 10.3. The normalized spacial score (nSPS) is 12.4. The Morgan fingerprint density at radius 1 is 0.964 bits per heavy atom. The predicted molar refractivity (Wildman–Crippen MR) is 112 cm³/mol. The van der Waals surface area contributed by atoms with Crippen LogP contribution >= 0.6 is 11.8 Å². The highest BCUT2D eigenvalue weighted by Crippen LogP contribution is 2.25. The maximum Gasteiger partial charge on any atom is 0.243 e. The molecule has 0 saturated carbocycles. The van der Waals surface area contributed by atoms with Gasteiger partial charge in [-0.3, -0.25) is 0 Å². The number of H-pyrrole nitrogens is 2. The Bertz CT molecular complexity index is 1190. The lowest BCUT2D eigenvalue weighted by molar-refractivity contribution is 0.445. The smallest absolute Gasteiger partial charge is 0.243 e. The molecule has 0 fully saturated rings. The molecule has 146 valence electrons. The van der Waals surface area contributed by atoms with Gasteiger partial charge >= 0.3 is 0 Å². The van der Waals surface area contributed by atoms with Crippen LogP contribution in [0.15, 0.2) is 52.5 Å². The van der Waals surface area contributed by atoms with Gasteiger partial charge in [-0.2, -0.15) is 4.31 Å². The first-order chi connectivity index (χ1) is 13.5. The zero-order valence-corrected chi connectivity index (χ0v) is 17.3. The first-order valence-corrected chi connectivity index (χ1v) is 11.5. The van der Waals surface area contributed by atoms with Crippen LogP contribution in [0.3, 0.4) is 0 Å². The van der Waals surface area contributed by atoms with E-state index in [0.717, 1.165) is 27.5 Å². The van der Waals surface area contributed by atoms with E-state index in [-0.39, 0.29) is 4.90 Å². The van der Waals surface area contributed by atoms with Gasteiger partial charge in [-0.15, -0.1) is 0 Å². The van der Waals surface area contributed by atoms with Crippen LogP contribution in [0.1, 0.15) is 19.7 Å². The quantitative estimate of drug-likeness (QED) is 0.448. The second-order valence-corrected chi connectivity index (χ2v) is 9.20. The summed E-state index contributed by atoms with van der Waals surface area (Å²) in [7, 11) is -3.49. The van der Waals surface area contributed by atoms with Crippen molar-refractivity contribution in [3.8, 4) is 0 Å². The van der Waals surface area contributed by atoms with Gasteiger partial charge in [0.2, 0.25) is 10.0 Å². The fourth-order valence-corrected chi connectivity index (χ4v) is 5.36. The Labute approximate surface area is 167 Å². The van der Waals surface area contributed by atoms with Gasteiger partial charge in [0, 0.05) is 13.1 Å². The van der Waals surface area contributed by atoms with Crippen molar-refractivity contribution in [3.63, 3.8) is 0 Å². The molecular weight excluding hydrogens is 394 g/mol. The maximum absolute atomic E-state index is 12.7. The average molecular weight is 416 g/mol. The molecule has 9 heteroatoms. The molecule has 4 aromatic rings. The monoisotopic (exact) mass is 415 g/mol. The second-order valence-electron chi connectivity index (χ2n) is 6.30. The number of benzene rings is 2. The molecule has 2 N–H and O–H groups in total. The first-order valence-electron chi connectivity index (χ1n) is 9.07. The van der Waals surface area contributed by atoms with E-state index < -0.39 is 10.0 Å². The van der Waals surface area contributed by atoms with Crippen molar-refractivity contribution in [2.75, 3.05) is 13.1 Å². The average Bonchev–Trinajstić information content (AvgIpc) is 3.29. The van der Waals surface area contributed by atoms with Gasteiger partial charge in [0.25, 0.3) is 0 Å². The van der Waals surface area contributed by atoms with Gasteiger partial charge in [-0.05, 0) is 30.3 Å².